The number of aryl methyl sites for hydroxylation is 1. The molecular formula is C18H17N3OS. The highest BCUT2D eigenvalue weighted by Crippen LogP contribution is 2.26. The maximum Gasteiger partial charge on any atom is 0.233 e. The first-order valence-corrected chi connectivity index (χ1v) is 8.69. The highest BCUT2D eigenvalue weighted by atomic mass is 32.1. The summed E-state index contributed by atoms with van der Waals surface area (Å²) < 4.78 is 2.09. The van der Waals surface area contributed by atoms with Crippen molar-refractivity contribution in [2.75, 3.05) is 11.4 Å². The lowest BCUT2D eigenvalue weighted by atomic mass is 10.2. The molecule has 0 spiro atoms. The predicted molar refractivity (Wildman–Crippen MR) is 92.7 cm³/mol. The molecule has 2 aromatic heterocycles. The van der Waals surface area contributed by atoms with Crippen LogP contribution in [0.25, 0.3) is 11.3 Å². The Balaban J connectivity index is 1.63. The Labute approximate surface area is 139 Å². The first-order valence-electron chi connectivity index (χ1n) is 7.75. The molecule has 0 aliphatic carbocycles. The van der Waals surface area contributed by atoms with Crippen LogP contribution in [0, 0.1) is 0 Å². The Morgan fingerprint density at radius 1 is 1.17 bits per heavy atom. The fourth-order valence-corrected chi connectivity index (χ4v) is 3.60. The third-order valence-corrected chi connectivity index (χ3v) is 4.82. The third-order valence-electron chi connectivity index (χ3n) is 4.08. The summed E-state index contributed by atoms with van der Waals surface area (Å²) in [4.78, 5) is 19.2. The van der Waals surface area contributed by atoms with Crippen LogP contribution in [0.5, 0.6) is 0 Å². The van der Waals surface area contributed by atoms with Crippen molar-refractivity contribution in [2.24, 2.45) is 0 Å². The van der Waals surface area contributed by atoms with E-state index < -0.39 is 0 Å². The molecule has 0 bridgehead atoms. The van der Waals surface area contributed by atoms with Crippen molar-refractivity contribution in [3.05, 3.63) is 58.9 Å². The zero-order chi connectivity index (χ0) is 15.6. The number of benzene rings is 1. The molecule has 3 aromatic rings. The molecule has 0 N–H and O–H groups in total. The van der Waals surface area contributed by atoms with E-state index >= 15 is 0 Å². The van der Waals surface area contributed by atoms with Gasteiger partial charge in [0.05, 0.1) is 12.1 Å². The Bertz CT molecular complexity index is 808. The van der Waals surface area contributed by atoms with Gasteiger partial charge >= 0.3 is 0 Å². The van der Waals surface area contributed by atoms with Crippen LogP contribution in [0.2, 0.25) is 0 Å². The van der Waals surface area contributed by atoms with Gasteiger partial charge in [0.2, 0.25) is 11.9 Å². The van der Waals surface area contributed by atoms with Crippen molar-refractivity contribution in [3.8, 4) is 11.3 Å². The monoisotopic (exact) mass is 323 g/mol. The second-order valence-electron chi connectivity index (χ2n) is 5.69. The molecule has 0 saturated heterocycles. The smallest absolute Gasteiger partial charge is 0.233 e. The Morgan fingerprint density at radius 3 is 2.83 bits per heavy atom. The van der Waals surface area contributed by atoms with Gasteiger partial charge in [-0.05, 0) is 28.8 Å². The van der Waals surface area contributed by atoms with Gasteiger partial charge in [-0.3, -0.25) is 9.69 Å². The number of nitrogens with zero attached hydrogens (tertiary/aromatic N) is 3. The van der Waals surface area contributed by atoms with Gasteiger partial charge in [0, 0.05) is 24.8 Å². The summed E-state index contributed by atoms with van der Waals surface area (Å²) >= 11 is 1.62. The first kappa shape index (κ1) is 14.2. The van der Waals surface area contributed by atoms with E-state index in [0.717, 1.165) is 42.3 Å². The molecule has 0 fully saturated rings. The lowest BCUT2D eigenvalue weighted by Crippen LogP contribution is -2.38. The van der Waals surface area contributed by atoms with Gasteiger partial charge in [0.1, 0.15) is 0 Å². The molecule has 0 radical (unpaired) electrons. The van der Waals surface area contributed by atoms with Crippen molar-refractivity contribution in [1.82, 2.24) is 9.55 Å². The van der Waals surface area contributed by atoms with Crippen molar-refractivity contribution in [3.63, 3.8) is 0 Å². The van der Waals surface area contributed by atoms with Crippen LogP contribution in [0.3, 0.4) is 0 Å². The van der Waals surface area contributed by atoms with Crippen molar-refractivity contribution < 1.29 is 4.79 Å². The van der Waals surface area contributed by atoms with Crippen LogP contribution in [-0.4, -0.2) is 22.0 Å². The number of carbonyl (C=O) groups is 1. The first-order chi connectivity index (χ1) is 11.3. The number of imidazole rings is 1. The van der Waals surface area contributed by atoms with Gasteiger partial charge in [-0.2, -0.15) is 11.3 Å². The molecule has 116 valence electrons. The largest absolute Gasteiger partial charge is 0.316 e. The Morgan fingerprint density at radius 2 is 2.04 bits per heavy atom. The fraction of sp³-hybridized carbons (Fsp3) is 0.222. The zero-order valence-corrected chi connectivity index (χ0v) is 13.5. The summed E-state index contributed by atoms with van der Waals surface area (Å²) in [6, 6.07) is 12.1. The maximum absolute atomic E-state index is 12.7. The number of rotatable bonds is 3. The molecule has 4 rings (SSSR count). The fourth-order valence-electron chi connectivity index (χ4n) is 2.93. The van der Waals surface area contributed by atoms with E-state index in [1.165, 1.54) is 0 Å². The zero-order valence-electron chi connectivity index (χ0n) is 12.7. The van der Waals surface area contributed by atoms with Crippen molar-refractivity contribution in [1.29, 1.82) is 0 Å². The van der Waals surface area contributed by atoms with E-state index in [9.17, 15) is 4.79 Å². The topological polar surface area (TPSA) is 38.1 Å². The van der Waals surface area contributed by atoms with E-state index in [-0.39, 0.29) is 5.91 Å². The van der Waals surface area contributed by atoms with Gasteiger partial charge < -0.3 is 4.57 Å². The minimum atomic E-state index is 0.120. The van der Waals surface area contributed by atoms with Gasteiger partial charge in [0.25, 0.3) is 0 Å². The lowest BCUT2D eigenvalue weighted by molar-refractivity contribution is -0.118. The Kier molecular flexibility index (Phi) is 3.71. The normalized spacial score (nSPS) is 13.8. The number of hydrogen-bond acceptors (Lipinski definition) is 3. The number of amides is 1. The third kappa shape index (κ3) is 2.80. The minimum absolute atomic E-state index is 0.120. The van der Waals surface area contributed by atoms with Crippen LogP contribution in [0.1, 0.15) is 12.0 Å². The van der Waals surface area contributed by atoms with Crippen LogP contribution in [0.4, 0.5) is 5.95 Å². The highest BCUT2D eigenvalue weighted by Gasteiger charge is 2.25. The molecule has 3 heterocycles. The molecule has 1 amide bonds. The van der Waals surface area contributed by atoms with Crippen LogP contribution >= 0.6 is 11.3 Å². The lowest BCUT2D eigenvalue weighted by Gasteiger charge is -2.27. The molecule has 5 heteroatoms. The van der Waals surface area contributed by atoms with Crippen LogP contribution in [0.15, 0.2) is 53.4 Å². The maximum atomic E-state index is 12.7. The highest BCUT2D eigenvalue weighted by molar-refractivity contribution is 7.08. The summed E-state index contributed by atoms with van der Waals surface area (Å²) in [6.07, 6.45) is 3.46. The standard InChI is InChI=1S/C18H17N3OS/c22-17(11-14-7-10-23-13-14)21-9-4-8-20-12-16(19-18(20)21)15-5-2-1-3-6-15/h1-3,5-7,10,12-13H,4,8-9,11H2. The van der Waals surface area contributed by atoms with E-state index in [2.05, 4.69) is 10.8 Å². The molecule has 23 heavy (non-hydrogen) atoms. The summed E-state index contributed by atoms with van der Waals surface area (Å²) in [5.41, 5.74) is 3.09. The van der Waals surface area contributed by atoms with Gasteiger partial charge in [-0.25, -0.2) is 4.98 Å². The quantitative estimate of drug-likeness (QED) is 0.739. The Hall–Kier alpha value is -2.40. The van der Waals surface area contributed by atoms with Gasteiger partial charge in [-0.15, -0.1) is 0 Å². The summed E-state index contributed by atoms with van der Waals surface area (Å²) in [5.74, 6) is 0.893. The van der Waals surface area contributed by atoms with Crippen molar-refractivity contribution in [2.45, 2.75) is 19.4 Å². The molecule has 1 aliphatic rings. The average molecular weight is 323 g/mol. The number of hydrogen-bond donors (Lipinski definition) is 0. The van der Waals surface area contributed by atoms with Crippen molar-refractivity contribution >= 4 is 23.2 Å². The number of anilines is 1. The molecule has 0 saturated carbocycles. The van der Waals surface area contributed by atoms with E-state index in [1.807, 2.05) is 52.1 Å². The summed E-state index contributed by atoms with van der Waals surface area (Å²) in [5, 5.41) is 4.04. The van der Waals surface area contributed by atoms with Crippen LogP contribution in [-0.2, 0) is 17.8 Å². The molecule has 4 nitrogen and oxygen atoms in total. The number of thiophene rings is 1. The molecule has 0 unspecified atom stereocenters. The minimum Gasteiger partial charge on any atom is -0.316 e. The second kappa shape index (κ2) is 6.01. The molecule has 0 atom stereocenters. The average Bonchev–Trinajstić information content (AvgIpc) is 3.24. The second-order valence-corrected chi connectivity index (χ2v) is 6.47. The van der Waals surface area contributed by atoms with E-state index in [4.69, 9.17) is 4.98 Å². The number of aromatic nitrogens is 2. The molecule has 1 aliphatic heterocycles. The number of fused-ring (bicyclic) bond motifs is 1. The molecular weight excluding hydrogens is 306 g/mol. The van der Waals surface area contributed by atoms with E-state index in [0.29, 0.717) is 6.42 Å². The molecule has 1 aromatic carbocycles. The van der Waals surface area contributed by atoms with E-state index in [1.54, 1.807) is 11.3 Å². The van der Waals surface area contributed by atoms with Gasteiger partial charge in [-0.1, -0.05) is 30.3 Å². The SMILES string of the molecule is O=C(Cc1ccsc1)N1CCCn2cc(-c3ccccc3)nc21. The number of carbonyl (C=O) groups excluding carboxylic acids is 1. The summed E-state index contributed by atoms with van der Waals surface area (Å²) in [7, 11) is 0. The predicted octanol–water partition coefficient (Wildman–Crippen LogP) is 3.59. The van der Waals surface area contributed by atoms with Gasteiger partial charge in [0.15, 0.2) is 0 Å². The van der Waals surface area contributed by atoms with Crippen LogP contribution < -0.4 is 4.90 Å². The summed E-state index contributed by atoms with van der Waals surface area (Å²) in [6.45, 7) is 1.66.